The molecule has 0 atom stereocenters. The van der Waals surface area contributed by atoms with Gasteiger partial charge >= 0.3 is 6.03 Å². The van der Waals surface area contributed by atoms with Gasteiger partial charge in [0.1, 0.15) is 0 Å². The Balaban J connectivity index is 1.46. The molecule has 34 heavy (non-hydrogen) atoms. The van der Waals surface area contributed by atoms with E-state index in [0.29, 0.717) is 51.5 Å². The number of rotatable bonds is 9. The van der Waals surface area contributed by atoms with Gasteiger partial charge in [-0.05, 0) is 49.2 Å². The number of hydrogen-bond acceptors (Lipinski definition) is 5. The average Bonchev–Trinajstić information content (AvgIpc) is 2.88. The van der Waals surface area contributed by atoms with Gasteiger partial charge in [0.05, 0.1) is 18.1 Å². The maximum Gasteiger partial charge on any atom is 0.315 e. The smallest absolute Gasteiger partial charge is 0.315 e. The van der Waals surface area contributed by atoms with Crippen LogP contribution in [0.4, 0.5) is 4.79 Å². The molecule has 0 spiro atoms. The van der Waals surface area contributed by atoms with Crippen LogP contribution in [0.5, 0.6) is 0 Å². The number of amides is 3. The third-order valence-corrected chi connectivity index (χ3v) is 7.60. The van der Waals surface area contributed by atoms with E-state index >= 15 is 0 Å². The molecule has 0 unspecified atom stereocenters. The fourth-order valence-electron chi connectivity index (χ4n) is 3.60. The molecule has 1 aliphatic heterocycles. The van der Waals surface area contributed by atoms with E-state index in [1.165, 1.54) is 4.31 Å². The highest BCUT2D eigenvalue weighted by molar-refractivity contribution is 7.89. The van der Waals surface area contributed by atoms with Crippen LogP contribution < -0.4 is 10.6 Å². The van der Waals surface area contributed by atoms with E-state index in [4.69, 9.17) is 4.74 Å². The molecule has 1 saturated heterocycles. The van der Waals surface area contributed by atoms with Crippen molar-refractivity contribution in [3.63, 3.8) is 0 Å². The van der Waals surface area contributed by atoms with Crippen LogP contribution in [-0.4, -0.2) is 69.0 Å². The summed E-state index contributed by atoms with van der Waals surface area (Å²) in [6.07, 6.45) is 0. The van der Waals surface area contributed by atoms with Crippen molar-refractivity contribution >= 4 is 22.0 Å². The Labute approximate surface area is 201 Å². The zero-order valence-electron chi connectivity index (χ0n) is 19.6. The minimum absolute atomic E-state index is 0.00832. The summed E-state index contributed by atoms with van der Waals surface area (Å²) < 4.78 is 32.0. The number of nitrogens with zero attached hydrogens (tertiary/aromatic N) is 2. The fraction of sp³-hybridized carbons (Fsp3) is 0.417. The van der Waals surface area contributed by atoms with Gasteiger partial charge in [0.2, 0.25) is 10.0 Å². The fourth-order valence-corrected chi connectivity index (χ4v) is 5.01. The van der Waals surface area contributed by atoms with E-state index in [1.54, 1.807) is 41.3 Å². The molecule has 3 amide bonds. The molecule has 9 nitrogen and oxygen atoms in total. The highest BCUT2D eigenvalue weighted by Gasteiger charge is 2.26. The molecule has 2 aromatic carbocycles. The number of carbonyl (C=O) groups excluding carboxylic acids is 2. The first-order chi connectivity index (χ1) is 16.3. The molecular weight excluding hydrogens is 456 g/mol. The maximum absolute atomic E-state index is 12.7. The molecule has 1 fully saturated rings. The second-order valence-corrected chi connectivity index (χ2v) is 9.81. The lowest BCUT2D eigenvalue weighted by Gasteiger charge is -2.26. The van der Waals surface area contributed by atoms with Gasteiger partial charge in [-0.1, -0.05) is 24.3 Å². The third-order valence-electron chi connectivity index (χ3n) is 5.69. The second kappa shape index (κ2) is 12.0. The number of hydrogen-bond donors (Lipinski definition) is 2. The van der Waals surface area contributed by atoms with Gasteiger partial charge in [-0.3, -0.25) is 4.79 Å². The summed E-state index contributed by atoms with van der Waals surface area (Å²) in [7, 11) is -3.54. The van der Waals surface area contributed by atoms with Crippen molar-refractivity contribution in [2.45, 2.75) is 31.8 Å². The number of sulfonamides is 1. The lowest BCUT2D eigenvalue weighted by molar-refractivity contribution is 0.0730. The molecule has 184 valence electrons. The van der Waals surface area contributed by atoms with E-state index in [0.717, 1.165) is 11.1 Å². The van der Waals surface area contributed by atoms with E-state index in [1.807, 2.05) is 26.0 Å². The number of benzene rings is 2. The van der Waals surface area contributed by atoms with Gasteiger partial charge in [0, 0.05) is 44.8 Å². The maximum atomic E-state index is 12.7. The van der Waals surface area contributed by atoms with Crippen LogP contribution in [0.2, 0.25) is 0 Å². The largest absolute Gasteiger partial charge is 0.379 e. The monoisotopic (exact) mass is 488 g/mol. The first-order valence-electron chi connectivity index (χ1n) is 11.4. The molecule has 3 rings (SSSR count). The van der Waals surface area contributed by atoms with Gasteiger partial charge in [0.25, 0.3) is 5.91 Å². The third kappa shape index (κ3) is 6.55. The normalized spacial score (nSPS) is 14.4. The summed E-state index contributed by atoms with van der Waals surface area (Å²) in [5.74, 6) is -0.00832. The van der Waals surface area contributed by atoms with Gasteiger partial charge in [-0.2, -0.15) is 4.31 Å². The minimum atomic E-state index is -3.54. The van der Waals surface area contributed by atoms with Gasteiger partial charge in [0.15, 0.2) is 0 Å². The Morgan fingerprint density at radius 1 is 0.882 bits per heavy atom. The number of morpholine rings is 1. The lowest BCUT2D eigenvalue weighted by atomic mass is 10.1. The van der Waals surface area contributed by atoms with Crippen LogP contribution in [0.15, 0.2) is 53.4 Å². The van der Waals surface area contributed by atoms with E-state index in [9.17, 15) is 18.0 Å². The molecule has 0 saturated carbocycles. The van der Waals surface area contributed by atoms with Gasteiger partial charge < -0.3 is 20.3 Å². The minimum Gasteiger partial charge on any atom is -0.379 e. The molecule has 0 aliphatic carbocycles. The molecule has 2 N–H and O–H groups in total. The summed E-state index contributed by atoms with van der Waals surface area (Å²) >= 11 is 0. The molecule has 0 aromatic heterocycles. The van der Waals surface area contributed by atoms with Crippen molar-refractivity contribution in [1.29, 1.82) is 0 Å². The molecule has 10 heteroatoms. The first kappa shape index (κ1) is 25.7. The Morgan fingerprint density at radius 2 is 1.38 bits per heavy atom. The van der Waals surface area contributed by atoms with Crippen molar-refractivity contribution in [3.05, 3.63) is 65.2 Å². The van der Waals surface area contributed by atoms with E-state index < -0.39 is 10.0 Å². The molecular formula is C24H32N4O5S. The summed E-state index contributed by atoms with van der Waals surface area (Å²) in [6.45, 7) is 7.28. The van der Waals surface area contributed by atoms with Crippen LogP contribution >= 0.6 is 0 Å². The lowest BCUT2D eigenvalue weighted by Crippen LogP contribution is -2.40. The molecule has 1 aliphatic rings. The quantitative estimate of drug-likeness (QED) is 0.563. The molecule has 0 bridgehead atoms. The Kier molecular flexibility index (Phi) is 9.03. The molecule has 2 aromatic rings. The van der Waals surface area contributed by atoms with Crippen LogP contribution in [-0.2, 0) is 27.8 Å². The Hall–Kier alpha value is -2.95. The van der Waals surface area contributed by atoms with Crippen LogP contribution in [0.3, 0.4) is 0 Å². The van der Waals surface area contributed by atoms with Crippen molar-refractivity contribution in [3.8, 4) is 0 Å². The Bertz CT molecular complexity index is 1060. The molecule has 1 heterocycles. The highest BCUT2D eigenvalue weighted by Crippen LogP contribution is 2.17. The van der Waals surface area contributed by atoms with Gasteiger partial charge in [-0.25, -0.2) is 13.2 Å². The number of ether oxygens (including phenoxy) is 1. The highest BCUT2D eigenvalue weighted by atomic mass is 32.2. The molecule has 0 radical (unpaired) electrons. The SMILES string of the molecule is CCN(CC)C(=O)c1ccc(CNC(=O)NCc2ccc(S(=O)(=O)N3CCOCC3)cc2)cc1. The van der Waals surface area contributed by atoms with Crippen molar-refractivity contribution in [2.75, 3.05) is 39.4 Å². The van der Waals surface area contributed by atoms with Crippen molar-refractivity contribution in [2.24, 2.45) is 0 Å². The average molecular weight is 489 g/mol. The van der Waals surface area contributed by atoms with Crippen LogP contribution in [0.25, 0.3) is 0 Å². The summed E-state index contributed by atoms with van der Waals surface area (Å²) in [5.41, 5.74) is 2.29. The van der Waals surface area contributed by atoms with Crippen molar-refractivity contribution < 1.29 is 22.7 Å². The number of nitrogens with one attached hydrogen (secondary N) is 2. The Morgan fingerprint density at radius 3 is 1.88 bits per heavy atom. The summed E-state index contributed by atoms with van der Waals surface area (Å²) in [5, 5.41) is 5.55. The standard InChI is InChI=1S/C24H32N4O5S/c1-3-27(4-2)23(29)21-9-5-19(6-10-21)17-25-24(30)26-18-20-7-11-22(12-8-20)34(31,32)28-13-15-33-16-14-28/h5-12H,3-4,13-18H2,1-2H3,(H2,25,26,30). The topological polar surface area (TPSA) is 108 Å². The zero-order chi connectivity index (χ0) is 24.6. The predicted molar refractivity (Wildman–Crippen MR) is 129 cm³/mol. The van der Waals surface area contributed by atoms with Gasteiger partial charge in [-0.15, -0.1) is 0 Å². The summed E-state index contributed by atoms with van der Waals surface area (Å²) in [6, 6.07) is 13.3. The second-order valence-electron chi connectivity index (χ2n) is 7.87. The first-order valence-corrected chi connectivity index (χ1v) is 12.9. The van der Waals surface area contributed by atoms with E-state index in [2.05, 4.69) is 10.6 Å². The summed E-state index contributed by atoms with van der Waals surface area (Å²) in [4.78, 5) is 26.5. The number of carbonyl (C=O) groups is 2. The number of urea groups is 1. The van der Waals surface area contributed by atoms with Crippen LogP contribution in [0, 0.1) is 0 Å². The van der Waals surface area contributed by atoms with Crippen LogP contribution in [0.1, 0.15) is 35.3 Å². The van der Waals surface area contributed by atoms with E-state index in [-0.39, 0.29) is 23.4 Å². The van der Waals surface area contributed by atoms with Crippen molar-refractivity contribution in [1.82, 2.24) is 19.8 Å². The predicted octanol–water partition coefficient (Wildman–Crippen LogP) is 2.19. The zero-order valence-corrected chi connectivity index (χ0v) is 20.4.